The van der Waals surface area contributed by atoms with E-state index >= 15 is 0 Å². The van der Waals surface area contributed by atoms with Gasteiger partial charge in [0.2, 0.25) is 0 Å². The number of likely N-dealkylation sites (tertiary alicyclic amines) is 1. The molecule has 1 aromatic carbocycles. The zero-order valence-corrected chi connectivity index (χ0v) is 12.4. The molecule has 0 unspecified atom stereocenters. The van der Waals surface area contributed by atoms with Crippen LogP contribution in [0.15, 0.2) is 22.7 Å². The van der Waals surface area contributed by atoms with E-state index < -0.39 is 12.1 Å². The number of alkyl halides is 3. The number of nitrogens with zero attached hydrogens (tertiary/aromatic N) is 1. The Morgan fingerprint density at radius 1 is 1.26 bits per heavy atom. The number of piperidine rings is 1. The third-order valence-electron chi connectivity index (χ3n) is 3.75. The molecular weight excluding hydrogens is 319 g/mol. The van der Waals surface area contributed by atoms with Crippen molar-refractivity contribution in [1.82, 2.24) is 4.90 Å². The second-order valence-corrected chi connectivity index (χ2v) is 6.08. The molecule has 1 aliphatic rings. The Morgan fingerprint density at radius 2 is 1.89 bits per heavy atom. The highest BCUT2D eigenvalue weighted by atomic mass is 79.9. The maximum absolute atomic E-state index is 12.6. The molecule has 1 heterocycles. The van der Waals surface area contributed by atoms with Crippen molar-refractivity contribution in [1.29, 1.82) is 0 Å². The Kier molecular flexibility index (Phi) is 4.56. The van der Waals surface area contributed by atoms with Gasteiger partial charge in [-0.25, -0.2) is 0 Å². The maximum Gasteiger partial charge on any atom is 0.391 e. The minimum absolute atomic E-state index is 0.221. The molecule has 0 atom stereocenters. The van der Waals surface area contributed by atoms with Gasteiger partial charge in [-0.05, 0) is 56.1 Å². The summed E-state index contributed by atoms with van der Waals surface area (Å²) in [5.74, 6) is -1.12. The van der Waals surface area contributed by atoms with E-state index in [0.717, 1.165) is 11.0 Å². The summed E-state index contributed by atoms with van der Waals surface area (Å²) in [6.07, 6.45) is -3.59. The van der Waals surface area contributed by atoms with Crippen molar-refractivity contribution in [2.45, 2.75) is 32.5 Å². The third-order valence-corrected chi connectivity index (χ3v) is 4.24. The lowest BCUT2D eigenvalue weighted by Crippen LogP contribution is -2.38. The predicted octanol–water partition coefficient (Wildman–Crippen LogP) is 4.53. The highest BCUT2D eigenvalue weighted by Gasteiger charge is 2.40. The molecule has 0 radical (unpaired) electrons. The van der Waals surface area contributed by atoms with E-state index in [9.17, 15) is 13.2 Å². The Labute approximate surface area is 119 Å². The summed E-state index contributed by atoms with van der Waals surface area (Å²) >= 11 is 3.41. The van der Waals surface area contributed by atoms with Crippen LogP contribution in [0.5, 0.6) is 0 Å². The molecule has 0 bridgehead atoms. The number of halogens is 4. The fraction of sp³-hybridized carbons (Fsp3) is 0.571. The van der Waals surface area contributed by atoms with Gasteiger partial charge >= 0.3 is 6.18 Å². The zero-order chi connectivity index (χ0) is 14.0. The molecule has 1 saturated heterocycles. The van der Waals surface area contributed by atoms with Crippen LogP contribution in [-0.4, -0.2) is 24.2 Å². The first-order chi connectivity index (χ1) is 8.86. The lowest BCUT2D eigenvalue weighted by molar-refractivity contribution is -0.185. The van der Waals surface area contributed by atoms with Gasteiger partial charge in [-0.2, -0.15) is 13.2 Å². The topological polar surface area (TPSA) is 3.24 Å². The van der Waals surface area contributed by atoms with Crippen LogP contribution in [0.25, 0.3) is 0 Å². The van der Waals surface area contributed by atoms with Gasteiger partial charge in [-0.1, -0.05) is 22.0 Å². The molecule has 1 fully saturated rings. The molecule has 0 saturated carbocycles. The lowest BCUT2D eigenvalue weighted by Gasteiger charge is -2.33. The summed E-state index contributed by atoms with van der Waals surface area (Å²) in [7, 11) is 0. The Morgan fingerprint density at radius 3 is 2.42 bits per heavy atom. The Bertz CT molecular complexity index is 437. The smallest absolute Gasteiger partial charge is 0.299 e. The van der Waals surface area contributed by atoms with E-state index in [4.69, 9.17) is 0 Å². The molecule has 2 rings (SSSR count). The fourth-order valence-corrected chi connectivity index (χ4v) is 2.97. The van der Waals surface area contributed by atoms with Crippen LogP contribution in [0.4, 0.5) is 13.2 Å². The van der Waals surface area contributed by atoms with E-state index in [2.05, 4.69) is 20.8 Å². The van der Waals surface area contributed by atoms with Crippen molar-refractivity contribution >= 4 is 15.9 Å². The summed E-state index contributed by atoms with van der Waals surface area (Å²) in [6, 6.07) is 6.05. The van der Waals surface area contributed by atoms with Crippen molar-refractivity contribution in [2.24, 2.45) is 5.92 Å². The molecule has 19 heavy (non-hydrogen) atoms. The van der Waals surface area contributed by atoms with Crippen LogP contribution in [0, 0.1) is 12.8 Å². The van der Waals surface area contributed by atoms with Crippen molar-refractivity contribution in [3.63, 3.8) is 0 Å². The van der Waals surface area contributed by atoms with Gasteiger partial charge in [0.1, 0.15) is 0 Å². The van der Waals surface area contributed by atoms with Crippen LogP contribution >= 0.6 is 15.9 Å². The van der Waals surface area contributed by atoms with Gasteiger partial charge in [0, 0.05) is 11.0 Å². The van der Waals surface area contributed by atoms with Gasteiger partial charge < -0.3 is 0 Å². The maximum atomic E-state index is 12.6. The first-order valence-electron chi connectivity index (χ1n) is 6.40. The summed E-state index contributed by atoms with van der Waals surface area (Å²) in [5.41, 5.74) is 2.36. The highest BCUT2D eigenvalue weighted by molar-refractivity contribution is 9.10. The molecule has 0 aliphatic carbocycles. The first kappa shape index (κ1) is 14.9. The summed E-state index contributed by atoms with van der Waals surface area (Å²) in [4.78, 5) is 2.11. The van der Waals surface area contributed by atoms with Gasteiger partial charge in [0.05, 0.1) is 5.92 Å². The van der Waals surface area contributed by atoms with Crippen molar-refractivity contribution in [3.8, 4) is 0 Å². The summed E-state index contributed by atoms with van der Waals surface area (Å²) in [5, 5.41) is 0. The van der Waals surface area contributed by atoms with Gasteiger partial charge in [-0.15, -0.1) is 0 Å². The molecule has 0 N–H and O–H groups in total. The average molecular weight is 336 g/mol. The van der Waals surface area contributed by atoms with Crippen molar-refractivity contribution in [3.05, 3.63) is 33.8 Å². The highest BCUT2D eigenvalue weighted by Crippen LogP contribution is 2.34. The Hall–Kier alpha value is -0.550. The van der Waals surface area contributed by atoms with Gasteiger partial charge in [-0.3, -0.25) is 4.90 Å². The minimum Gasteiger partial charge on any atom is -0.299 e. The second-order valence-electron chi connectivity index (χ2n) is 5.16. The SMILES string of the molecule is Cc1cc(Br)ccc1CN1CCC(C(F)(F)F)CC1. The number of hydrogen-bond acceptors (Lipinski definition) is 1. The van der Waals surface area contributed by atoms with Crippen LogP contribution in [-0.2, 0) is 6.54 Å². The van der Waals surface area contributed by atoms with Gasteiger partial charge in [0.25, 0.3) is 0 Å². The van der Waals surface area contributed by atoms with Crippen LogP contribution in [0.1, 0.15) is 24.0 Å². The number of hydrogen-bond donors (Lipinski definition) is 0. The Balaban J connectivity index is 1.92. The number of benzene rings is 1. The lowest BCUT2D eigenvalue weighted by atomic mass is 9.95. The van der Waals surface area contributed by atoms with Crippen molar-refractivity contribution < 1.29 is 13.2 Å². The molecular formula is C14H17BrF3N. The first-order valence-corrected chi connectivity index (χ1v) is 7.19. The van der Waals surface area contributed by atoms with Crippen LogP contribution in [0.3, 0.4) is 0 Å². The van der Waals surface area contributed by atoms with Crippen molar-refractivity contribution in [2.75, 3.05) is 13.1 Å². The quantitative estimate of drug-likeness (QED) is 0.767. The fourth-order valence-electron chi connectivity index (χ4n) is 2.50. The molecule has 1 aliphatic heterocycles. The van der Waals surface area contributed by atoms with E-state index in [1.165, 1.54) is 11.1 Å². The van der Waals surface area contributed by atoms with Crippen LogP contribution < -0.4 is 0 Å². The third kappa shape index (κ3) is 3.96. The van der Waals surface area contributed by atoms with Gasteiger partial charge in [0.15, 0.2) is 0 Å². The largest absolute Gasteiger partial charge is 0.391 e. The molecule has 5 heteroatoms. The molecule has 0 amide bonds. The van der Waals surface area contributed by atoms with Crippen LogP contribution in [0.2, 0.25) is 0 Å². The minimum atomic E-state index is -4.03. The summed E-state index contributed by atoms with van der Waals surface area (Å²) < 4.78 is 38.8. The zero-order valence-electron chi connectivity index (χ0n) is 10.8. The molecule has 0 aromatic heterocycles. The molecule has 106 valence electrons. The molecule has 1 nitrogen and oxygen atoms in total. The monoisotopic (exact) mass is 335 g/mol. The van der Waals surface area contributed by atoms with E-state index in [1.54, 1.807) is 0 Å². The number of aryl methyl sites for hydroxylation is 1. The predicted molar refractivity (Wildman–Crippen MR) is 72.9 cm³/mol. The van der Waals surface area contributed by atoms with E-state index in [-0.39, 0.29) is 12.8 Å². The molecule has 0 spiro atoms. The number of rotatable bonds is 2. The second kappa shape index (κ2) is 5.83. The standard InChI is InChI=1S/C14H17BrF3N/c1-10-8-13(15)3-2-11(10)9-19-6-4-12(5-7-19)14(16,17)18/h2-3,8,12H,4-7,9H2,1H3. The normalized spacial score (nSPS) is 18.8. The van der Waals surface area contributed by atoms with E-state index in [0.29, 0.717) is 13.1 Å². The van der Waals surface area contributed by atoms with E-state index in [1.807, 2.05) is 25.1 Å². The summed E-state index contributed by atoms with van der Waals surface area (Å²) in [6.45, 7) is 3.83. The average Bonchev–Trinajstić information content (AvgIpc) is 2.32. The molecule has 1 aromatic rings.